The molecule has 1 saturated heterocycles. The fraction of sp³-hybridized carbons (Fsp3) is 0.391. The second-order valence-corrected chi connectivity index (χ2v) is 7.89. The van der Waals surface area contributed by atoms with Gasteiger partial charge in [0.1, 0.15) is 6.17 Å². The minimum Gasteiger partial charge on any atom is -0.378 e. The zero-order chi connectivity index (χ0) is 21.1. The van der Waals surface area contributed by atoms with Crippen LogP contribution in [0.2, 0.25) is 0 Å². The van der Waals surface area contributed by atoms with Crippen LogP contribution in [0.15, 0.2) is 48.5 Å². The van der Waals surface area contributed by atoms with Crippen LogP contribution in [-0.4, -0.2) is 55.2 Å². The summed E-state index contributed by atoms with van der Waals surface area (Å²) in [6, 6.07) is 14.1. The number of amides is 2. The highest BCUT2D eigenvalue weighted by Crippen LogP contribution is 2.26. The number of rotatable bonds is 5. The van der Waals surface area contributed by atoms with Crippen LogP contribution < -0.4 is 10.6 Å². The van der Waals surface area contributed by atoms with Gasteiger partial charge in [-0.15, -0.1) is 0 Å². The molecule has 7 heteroatoms. The van der Waals surface area contributed by atoms with Crippen molar-refractivity contribution in [2.75, 3.05) is 25.5 Å². The second kappa shape index (κ2) is 8.93. The maximum absolute atomic E-state index is 15.0. The number of methoxy groups -OCH3 is 1. The molecule has 0 spiro atoms. The summed E-state index contributed by atoms with van der Waals surface area (Å²) in [4.78, 5) is 26.1. The van der Waals surface area contributed by atoms with E-state index in [0.29, 0.717) is 25.1 Å². The number of nitrogens with zero attached hydrogens (tertiary/aromatic N) is 1. The number of benzene rings is 2. The van der Waals surface area contributed by atoms with E-state index >= 15 is 4.39 Å². The molecular formula is C23H26FN3O3. The van der Waals surface area contributed by atoms with Crippen LogP contribution in [-0.2, 0) is 22.5 Å². The minimum absolute atomic E-state index is 0.0258. The van der Waals surface area contributed by atoms with Gasteiger partial charge in [0, 0.05) is 44.4 Å². The SMILES string of the molecule is COC1CN(Cc2ccc3c(c2)NC(=O)CC3)CC(F)C1NC(=O)c1ccccc1. The van der Waals surface area contributed by atoms with Crippen molar-refractivity contribution in [2.45, 2.75) is 37.7 Å². The highest BCUT2D eigenvalue weighted by molar-refractivity contribution is 5.94. The number of aryl methyl sites for hydroxylation is 1. The molecule has 6 nitrogen and oxygen atoms in total. The predicted octanol–water partition coefficient (Wildman–Crippen LogP) is 2.54. The van der Waals surface area contributed by atoms with Gasteiger partial charge in [0.2, 0.25) is 5.91 Å². The Kier molecular flexibility index (Phi) is 6.11. The predicted molar refractivity (Wildman–Crippen MR) is 112 cm³/mol. The molecule has 158 valence electrons. The smallest absolute Gasteiger partial charge is 0.251 e. The number of piperidine rings is 1. The maximum atomic E-state index is 15.0. The van der Waals surface area contributed by atoms with Crippen LogP contribution in [0.25, 0.3) is 0 Å². The van der Waals surface area contributed by atoms with Gasteiger partial charge in [-0.1, -0.05) is 30.3 Å². The third kappa shape index (κ3) is 4.52. The van der Waals surface area contributed by atoms with Crippen molar-refractivity contribution in [1.82, 2.24) is 10.2 Å². The van der Waals surface area contributed by atoms with Gasteiger partial charge in [-0.2, -0.15) is 0 Å². The molecule has 2 heterocycles. The molecule has 0 bridgehead atoms. The van der Waals surface area contributed by atoms with Gasteiger partial charge in [0.05, 0.1) is 12.1 Å². The molecule has 1 fully saturated rings. The Bertz CT molecular complexity index is 921. The number of carbonyl (C=O) groups excluding carboxylic acids is 2. The Morgan fingerprint density at radius 1 is 1.20 bits per heavy atom. The summed E-state index contributed by atoms with van der Waals surface area (Å²) >= 11 is 0. The lowest BCUT2D eigenvalue weighted by Gasteiger charge is -2.40. The van der Waals surface area contributed by atoms with Crippen molar-refractivity contribution in [3.8, 4) is 0 Å². The molecule has 0 aliphatic carbocycles. The van der Waals surface area contributed by atoms with E-state index in [2.05, 4.69) is 10.6 Å². The van der Waals surface area contributed by atoms with Crippen molar-refractivity contribution >= 4 is 17.5 Å². The number of hydrogen-bond acceptors (Lipinski definition) is 4. The Hall–Kier alpha value is -2.77. The Labute approximate surface area is 175 Å². The number of hydrogen-bond donors (Lipinski definition) is 2. The average molecular weight is 411 g/mol. The number of carbonyl (C=O) groups is 2. The van der Waals surface area contributed by atoms with Crippen LogP contribution in [0.5, 0.6) is 0 Å². The monoisotopic (exact) mass is 411 g/mol. The molecule has 30 heavy (non-hydrogen) atoms. The van der Waals surface area contributed by atoms with Gasteiger partial charge in [-0.3, -0.25) is 14.5 Å². The van der Waals surface area contributed by atoms with E-state index in [1.54, 1.807) is 24.3 Å². The summed E-state index contributed by atoms with van der Waals surface area (Å²) in [6.45, 7) is 1.24. The Morgan fingerprint density at radius 2 is 2.00 bits per heavy atom. The van der Waals surface area contributed by atoms with Gasteiger partial charge in [-0.05, 0) is 35.7 Å². The number of likely N-dealkylation sites (tertiary alicyclic amines) is 1. The highest BCUT2D eigenvalue weighted by Gasteiger charge is 2.38. The van der Waals surface area contributed by atoms with Crippen LogP contribution in [0.1, 0.15) is 27.9 Å². The molecule has 4 rings (SSSR count). The summed E-state index contributed by atoms with van der Waals surface area (Å²) in [5.74, 6) is -0.276. The van der Waals surface area contributed by atoms with E-state index in [9.17, 15) is 9.59 Å². The van der Waals surface area contributed by atoms with Gasteiger partial charge in [0.15, 0.2) is 0 Å². The largest absolute Gasteiger partial charge is 0.378 e. The number of fused-ring (bicyclic) bond motifs is 1. The molecule has 2 aromatic carbocycles. The van der Waals surface area contributed by atoms with E-state index in [0.717, 1.165) is 23.2 Å². The molecule has 2 N–H and O–H groups in total. The molecule has 2 amide bonds. The zero-order valence-electron chi connectivity index (χ0n) is 16.9. The molecule has 2 aliphatic heterocycles. The van der Waals surface area contributed by atoms with Gasteiger partial charge >= 0.3 is 0 Å². The van der Waals surface area contributed by atoms with Crippen molar-refractivity contribution in [1.29, 1.82) is 0 Å². The van der Waals surface area contributed by atoms with Gasteiger partial charge < -0.3 is 15.4 Å². The van der Waals surface area contributed by atoms with Gasteiger partial charge in [-0.25, -0.2) is 4.39 Å². The molecule has 2 aromatic rings. The summed E-state index contributed by atoms with van der Waals surface area (Å²) in [7, 11) is 1.54. The van der Waals surface area contributed by atoms with Gasteiger partial charge in [0.25, 0.3) is 5.91 Å². The maximum Gasteiger partial charge on any atom is 0.251 e. The fourth-order valence-electron chi connectivity index (χ4n) is 4.17. The first-order chi connectivity index (χ1) is 14.5. The van der Waals surface area contributed by atoms with Crippen molar-refractivity contribution < 1.29 is 18.7 Å². The van der Waals surface area contributed by atoms with E-state index in [-0.39, 0.29) is 18.4 Å². The molecular weight excluding hydrogens is 385 g/mol. The zero-order valence-corrected chi connectivity index (χ0v) is 16.9. The van der Waals surface area contributed by atoms with Crippen molar-refractivity contribution in [3.05, 3.63) is 65.2 Å². The fourth-order valence-corrected chi connectivity index (χ4v) is 4.17. The van der Waals surface area contributed by atoms with Crippen LogP contribution in [0, 0.1) is 0 Å². The second-order valence-electron chi connectivity index (χ2n) is 7.89. The third-order valence-electron chi connectivity index (χ3n) is 5.77. The van der Waals surface area contributed by atoms with Crippen molar-refractivity contribution in [2.24, 2.45) is 0 Å². The topological polar surface area (TPSA) is 70.7 Å². The lowest BCUT2D eigenvalue weighted by atomic mass is 9.97. The Balaban J connectivity index is 1.41. The first-order valence-corrected chi connectivity index (χ1v) is 10.2. The summed E-state index contributed by atoms with van der Waals surface area (Å²) in [5, 5.41) is 5.71. The normalized spacial score (nSPS) is 24.1. The third-order valence-corrected chi connectivity index (χ3v) is 5.77. The van der Waals surface area contributed by atoms with E-state index in [1.165, 1.54) is 7.11 Å². The van der Waals surface area contributed by atoms with Crippen molar-refractivity contribution in [3.63, 3.8) is 0 Å². The molecule has 0 aromatic heterocycles. The number of anilines is 1. The molecule has 2 aliphatic rings. The first-order valence-electron chi connectivity index (χ1n) is 10.2. The number of halogens is 1. The first kappa shape index (κ1) is 20.5. The quantitative estimate of drug-likeness (QED) is 0.793. The van der Waals surface area contributed by atoms with Crippen LogP contribution >= 0.6 is 0 Å². The van der Waals surface area contributed by atoms with Crippen LogP contribution in [0.3, 0.4) is 0 Å². The van der Waals surface area contributed by atoms with E-state index in [1.807, 2.05) is 29.2 Å². The minimum atomic E-state index is -1.26. The summed E-state index contributed by atoms with van der Waals surface area (Å²) in [5.41, 5.74) is 3.47. The van der Waals surface area contributed by atoms with E-state index in [4.69, 9.17) is 4.74 Å². The summed E-state index contributed by atoms with van der Waals surface area (Å²) in [6.07, 6.45) is -0.465. The highest BCUT2D eigenvalue weighted by atomic mass is 19.1. The molecule has 3 unspecified atom stereocenters. The standard InChI is InChI=1S/C23H26FN3O3/c1-30-20-14-27(12-15-7-8-16-9-10-21(28)25-19(16)11-15)13-18(24)22(20)26-23(29)17-5-3-2-4-6-17/h2-8,11,18,20,22H,9-10,12-14H2,1H3,(H,25,28)(H,26,29). The molecule has 3 atom stereocenters. The number of nitrogens with one attached hydrogen (secondary N) is 2. The summed E-state index contributed by atoms with van der Waals surface area (Å²) < 4.78 is 20.6. The molecule has 0 radical (unpaired) electrons. The molecule has 0 saturated carbocycles. The average Bonchev–Trinajstić information content (AvgIpc) is 2.75. The number of ether oxygens (including phenoxy) is 1. The number of alkyl halides is 1. The van der Waals surface area contributed by atoms with Crippen LogP contribution in [0.4, 0.5) is 10.1 Å². The van der Waals surface area contributed by atoms with E-state index < -0.39 is 18.3 Å². The lowest BCUT2D eigenvalue weighted by molar-refractivity contribution is -0.116. The lowest BCUT2D eigenvalue weighted by Crippen LogP contribution is -2.60. The Morgan fingerprint density at radius 3 is 2.77 bits per heavy atom.